The van der Waals surface area contributed by atoms with Crippen LogP contribution in [-0.4, -0.2) is 68.9 Å². The number of rotatable bonds is 4. The number of anilines is 1. The molecule has 1 aromatic carbocycles. The van der Waals surface area contributed by atoms with Crippen molar-refractivity contribution in [1.82, 2.24) is 9.80 Å². The minimum atomic E-state index is -1.50. The molecule has 30 heavy (non-hydrogen) atoms. The van der Waals surface area contributed by atoms with Gasteiger partial charge < -0.3 is 20.2 Å². The molecule has 0 radical (unpaired) electrons. The summed E-state index contributed by atoms with van der Waals surface area (Å²) in [5.74, 6) is -2.90. The third-order valence-corrected chi connectivity index (χ3v) is 7.35. The normalized spacial score (nSPS) is 30.4. The average molecular weight is 533 g/mol. The van der Waals surface area contributed by atoms with Gasteiger partial charge in [0.2, 0.25) is 0 Å². The Labute approximate surface area is 186 Å². The third kappa shape index (κ3) is 3.64. The Hall–Kier alpha value is -1.59. The number of hydrogen-bond donors (Lipinski definition) is 2. The molecule has 3 aliphatic rings. The minimum Gasteiger partial charge on any atom is -0.385 e. The van der Waals surface area contributed by atoms with Crippen LogP contribution in [0.4, 0.5) is 18.9 Å². The summed E-state index contributed by atoms with van der Waals surface area (Å²) in [6, 6.07) is 2.04. The number of allylic oxidation sites excluding steroid dienone is 2. The largest absolute Gasteiger partial charge is 0.385 e. The van der Waals surface area contributed by atoms with Crippen LogP contribution >= 0.6 is 22.6 Å². The lowest BCUT2D eigenvalue weighted by Gasteiger charge is -2.51. The van der Waals surface area contributed by atoms with Crippen LogP contribution < -0.4 is 5.32 Å². The first-order valence-corrected chi connectivity index (χ1v) is 10.9. The van der Waals surface area contributed by atoms with Crippen LogP contribution in [-0.2, 0) is 0 Å². The second-order valence-corrected chi connectivity index (χ2v) is 10.0. The van der Waals surface area contributed by atoms with Crippen molar-refractivity contribution in [3.8, 4) is 0 Å². The summed E-state index contributed by atoms with van der Waals surface area (Å²) < 4.78 is 41.7. The van der Waals surface area contributed by atoms with Gasteiger partial charge >= 0.3 is 0 Å². The minimum absolute atomic E-state index is 0.0341. The Kier molecular flexibility index (Phi) is 5.65. The second-order valence-electron chi connectivity index (χ2n) is 8.23. The number of halogens is 4. The first-order chi connectivity index (χ1) is 14.1. The Balaban J connectivity index is 1.58. The molecule has 0 bridgehead atoms. The number of nitrogens with zero attached hydrogens (tertiary/aromatic N) is 2. The highest BCUT2D eigenvalue weighted by Gasteiger charge is 2.52. The molecule has 2 N–H and O–H groups in total. The molecule has 9 heteroatoms. The van der Waals surface area contributed by atoms with Crippen LogP contribution in [0.5, 0.6) is 0 Å². The number of hydrogen-bond acceptors (Lipinski definition) is 4. The van der Waals surface area contributed by atoms with E-state index in [4.69, 9.17) is 0 Å². The standard InChI is InChI=1S/C21H23F3IN3O2/c1-27-10-4-6-16(27)20(30)11-28(12-20)19(29)13-7-8-14(22)17(24)18(13)26-21(25)9-3-2-5-15(21)23/h2-3,5,7-9,15-16,26,30H,4,6,10-12H2,1H3. The van der Waals surface area contributed by atoms with Gasteiger partial charge in [-0.2, -0.15) is 0 Å². The predicted molar refractivity (Wildman–Crippen MR) is 116 cm³/mol. The summed E-state index contributed by atoms with van der Waals surface area (Å²) in [7, 11) is 1.94. The summed E-state index contributed by atoms with van der Waals surface area (Å²) in [5.41, 5.74) is -1.49. The molecule has 1 amide bonds. The van der Waals surface area contributed by atoms with Crippen LogP contribution in [0.25, 0.3) is 0 Å². The average Bonchev–Trinajstić information content (AvgIpc) is 3.11. The lowest BCUT2D eigenvalue weighted by molar-refractivity contribution is -0.120. The number of likely N-dealkylation sites (tertiary alicyclic amines) is 2. The molecule has 1 aromatic rings. The zero-order valence-corrected chi connectivity index (χ0v) is 18.6. The summed E-state index contributed by atoms with van der Waals surface area (Å²) in [6.07, 6.45) is 6.25. The van der Waals surface area contributed by atoms with Crippen molar-refractivity contribution in [3.63, 3.8) is 0 Å². The molecule has 162 valence electrons. The van der Waals surface area contributed by atoms with E-state index in [-0.39, 0.29) is 30.4 Å². The quantitative estimate of drug-likeness (QED) is 0.355. The van der Waals surface area contributed by atoms with Crippen molar-refractivity contribution >= 4 is 34.2 Å². The number of alkyl halides is 2. The smallest absolute Gasteiger partial charge is 0.256 e. The van der Waals surface area contributed by atoms with Gasteiger partial charge in [-0.15, -0.1) is 0 Å². The van der Waals surface area contributed by atoms with Gasteiger partial charge in [-0.25, -0.2) is 13.2 Å². The summed E-state index contributed by atoms with van der Waals surface area (Å²) >= 11 is 1.78. The molecule has 1 aliphatic carbocycles. The van der Waals surface area contributed by atoms with Gasteiger partial charge in [-0.1, -0.05) is 12.2 Å². The Morgan fingerprint density at radius 2 is 2.03 bits per heavy atom. The molecule has 4 rings (SSSR count). The first kappa shape index (κ1) is 21.6. The van der Waals surface area contributed by atoms with E-state index >= 15 is 0 Å². The third-order valence-electron chi connectivity index (χ3n) is 6.13. The van der Waals surface area contributed by atoms with E-state index in [1.807, 2.05) is 7.05 Å². The number of carbonyl (C=O) groups excluding carboxylic acids is 1. The van der Waals surface area contributed by atoms with E-state index in [9.17, 15) is 23.1 Å². The van der Waals surface area contributed by atoms with Gasteiger partial charge in [0.15, 0.2) is 17.8 Å². The van der Waals surface area contributed by atoms with Crippen LogP contribution in [0.1, 0.15) is 23.2 Å². The molecular formula is C21H23F3IN3O2. The highest BCUT2D eigenvalue weighted by Crippen LogP contribution is 2.38. The predicted octanol–water partition coefficient (Wildman–Crippen LogP) is 3.25. The Bertz CT molecular complexity index is 919. The number of nitrogens with one attached hydrogen (secondary N) is 1. The van der Waals surface area contributed by atoms with Crippen LogP contribution in [0.3, 0.4) is 0 Å². The molecule has 2 aliphatic heterocycles. The Morgan fingerprint density at radius 1 is 1.30 bits per heavy atom. The van der Waals surface area contributed by atoms with Crippen molar-refractivity contribution in [2.45, 2.75) is 34.2 Å². The molecule has 3 unspecified atom stereocenters. The van der Waals surface area contributed by atoms with Gasteiger partial charge in [0.1, 0.15) is 9.15 Å². The van der Waals surface area contributed by atoms with Gasteiger partial charge in [0, 0.05) is 6.04 Å². The van der Waals surface area contributed by atoms with Crippen LogP contribution in [0.2, 0.25) is 0 Å². The van der Waals surface area contributed by atoms with Crippen molar-refractivity contribution in [2.75, 3.05) is 32.0 Å². The molecule has 5 nitrogen and oxygen atoms in total. The van der Waals surface area contributed by atoms with Crippen molar-refractivity contribution in [2.24, 2.45) is 0 Å². The van der Waals surface area contributed by atoms with Crippen molar-refractivity contribution < 1.29 is 23.1 Å². The zero-order chi connectivity index (χ0) is 21.7. The number of β-amino-alcohol motifs (C(OH)–C–C–N with tert-alkyl or cyclic N) is 1. The number of likely N-dealkylation sites (N-methyl/N-ethyl adjacent to an activating group) is 1. The number of amides is 1. The van der Waals surface area contributed by atoms with Crippen molar-refractivity contribution in [3.05, 3.63) is 53.6 Å². The molecule has 0 spiro atoms. The zero-order valence-electron chi connectivity index (χ0n) is 16.4. The number of aliphatic hydroxyl groups is 1. The van der Waals surface area contributed by atoms with E-state index in [0.717, 1.165) is 25.5 Å². The Morgan fingerprint density at radius 3 is 2.67 bits per heavy atom. The SMILES string of the molecule is CN1CCCC1C1(O)CN(C(=O)c2ccc(F)c(F)c2NC2(I)C=CC=CC2F)C1. The molecule has 2 heterocycles. The topological polar surface area (TPSA) is 55.8 Å². The lowest BCUT2D eigenvalue weighted by atomic mass is 9.84. The fraction of sp³-hybridized carbons (Fsp3) is 0.476. The molecule has 2 fully saturated rings. The fourth-order valence-corrected chi connectivity index (χ4v) is 5.16. The van der Waals surface area contributed by atoms with Crippen molar-refractivity contribution in [1.29, 1.82) is 0 Å². The van der Waals surface area contributed by atoms with Gasteiger partial charge in [-0.05, 0) is 73.3 Å². The number of carbonyl (C=O) groups is 1. The van der Waals surface area contributed by atoms with Crippen LogP contribution in [0, 0.1) is 11.6 Å². The molecular weight excluding hydrogens is 510 g/mol. The van der Waals surface area contributed by atoms with E-state index in [2.05, 4.69) is 10.2 Å². The lowest BCUT2D eigenvalue weighted by Crippen LogP contribution is -2.70. The van der Waals surface area contributed by atoms with Gasteiger partial charge in [0.05, 0.1) is 24.3 Å². The first-order valence-electron chi connectivity index (χ1n) is 9.82. The molecule has 2 saturated heterocycles. The number of benzene rings is 1. The highest BCUT2D eigenvalue weighted by molar-refractivity contribution is 14.1. The summed E-state index contributed by atoms with van der Waals surface area (Å²) in [5, 5.41) is 13.6. The second kappa shape index (κ2) is 7.83. The maximum atomic E-state index is 14.7. The maximum absolute atomic E-state index is 14.7. The van der Waals surface area contributed by atoms with E-state index in [1.165, 1.54) is 29.2 Å². The van der Waals surface area contributed by atoms with E-state index < -0.39 is 32.9 Å². The molecule has 0 saturated carbocycles. The molecule has 3 atom stereocenters. The monoisotopic (exact) mass is 533 g/mol. The van der Waals surface area contributed by atoms with E-state index in [1.54, 1.807) is 28.7 Å². The summed E-state index contributed by atoms with van der Waals surface area (Å²) in [4.78, 5) is 16.6. The maximum Gasteiger partial charge on any atom is 0.256 e. The fourth-order valence-electron chi connectivity index (χ4n) is 4.47. The summed E-state index contributed by atoms with van der Waals surface area (Å²) in [6.45, 7) is 1.12. The van der Waals surface area contributed by atoms with Gasteiger partial charge in [-0.3, -0.25) is 4.79 Å². The van der Waals surface area contributed by atoms with Crippen LogP contribution in [0.15, 0.2) is 36.4 Å². The molecule has 0 aromatic heterocycles. The highest BCUT2D eigenvalue weighted by atomic mass is 127. The van der Waals surface area contributed by atoms with Gasteiger partial charge in [0.25, 0.3) is 5.91 Å². The van der Waals surface area contributed by atoms with E-state index in [0.29, 0.717) is 0 Å².